The molecule has 0 rings (SSSR count). The highest BCUT2D eigenvalue weighted by Crippen LogP contribution is 2.06. The molecule has 0 aliphatic rings. The van der Waals surface area contributed by atoms with Gasteiger partial charge in [-0.2, -0.15) is 0 Å². The monoisotopic (exact) mass is 202 g/mol. The van der Waals surface area contributed by atoms with Gasteiger partial charge in [-0.3, -0.25) is 9.59 Å². The Morgan fingerprint density at radius 2 is 1.86 bits per heavy atom. The van der Waals surface area contributed by atoms with Gasteiger partial charge in [0.2, 0.25) is 11.8 Å². The van der Waals surface area contributed by atoms with Gasteiger partial charge in [-0.05, 0) is 20.8 Å². The van der Waals surface area contributed by atoms with Crippen molar-refractivity contribution in [2.75, 3.05) is 20.2 Å². The molecule has 2 N–H and O–H groups in total. The van der Waals surface area contributed by atoms with Crippen LogP contribution < -0.4 is 5.73 Å². The normalized spacial score (nSPS) is 11.1. The van der Waals surface area contributed by atoms with Crippen molar-refractivity contribution in [1.29, 1.82) is 0 Å². The van der Waals surface area contributed by atoms with Gasteiger partial charge in [0, 0.05) is 7.05 Å². The van der Waals surface area contributed by atoms with E-state index in [4.69, 9.17) is 10.5 Å². The summed E-state index contributed by atoms with van der Waals surface area (Å²) in [6.07, 6.45) is 0. The number of amides is 2. The van der Waals surface area contributed by atoms with Crippen LogP contribution in [0.3, 0.4) is 0 Å². The largest absolute Gasteiger partial charge is 0.368 e. The molecule has 0 atom stereocenters. The highest BCUT2D eigenvalue weighted by atomic mass is 16.5. The fourth-order valence-electron chi connectivity index (χ4n) is 0.710. The van der Waals surface area contributed by atoms with Gasteiger partial charge >= 0.3 is 0 Å². The Morgan fingerprint density at radius 3 is 2.21 bits per heavy atom. The van der Waals surface area contributed by atoms with E-state index >= 15 is 0 Å². The molecule has 0 radical (unpaired) electrons. The maximum atomic E-state index is 11.3. The van der Waals surface area contributed by atoms with Crippen molar-refractivity contribution >= 4 is 11.8 Å². The van der Waals surface area contributed by atoms with Crippen LogP contribution in [0.1, 0.15) is 20.8 Å². The van der Waals surface area contributed by atoms with E-state index in [1.54, 1.807) is 0 Å². The summed E-state index contributed by atoms with van der Waals surface area (Å²) in [5.74, 6) is -0.782. The Balaban J connectivity index is 3.91. The molecule has 0 fully saturated rings. The SMILES string of the molecule is CN(CC(N)=O)C(=O)COC(C)(C)C. The van der Waals surface area contributed by atoms with E-state index in [0.717, 1.165) is 0 Å². The van der Waals surface area contributed by atoms with E-state index in [0.29, 0.717) is 0 Å². The highest BCUT2D eigenvalue weighted by molar-refractivity contribution is 5.84. The van der Waals surface area contributed by atoms with E-state index in [1.807, 2.05) is 20.8 Å². The maximum absolute atomic E-state index is 11.3. The zero-order valence-electron chi connectivity index (χ0n) is 9.16. The quantitative estimate of drug-likeness (QED) is 0.683. The van der Waals surface area contributed by atoms with E-state index in [-0.39, 0.29) is 24.7 Å². The predicted octanol–water partition coefficient (Wildman–Crippen LogP) is -0.255. The second-order valence-corrected chi connectivity index (χ2v) is 4.12. The molecule has 0 aromatic carbocycles. The maximum Gasteiger partial charge on any atom is 0.248 e. The minimum atomic E-state index is -0.531. The first kappa shape index (κ1) is 12.9. The minimum Gasteiger partial charge on any atom is -0.368 e. The van der Waals surface area contributed by atoms with Gasteiger partial charge in [-0.1, -0.05) is 0 Å². The van der Waals surface area contributed by atoms with Crippen LogP contribution in [0.25, 0.3) is 0 Å². The van der Waals surface area contributed by atoms with Crippen LogP contribution in [0, 0.1) is 0 Å². The molecule has 2 amide bonds. The molecule has 0 spiro atoms. The smallest absolute Gasteiger partial charge is 0.248 e. The van der Waals surface area contributed by atoms with Gasteiger partial charge < -0.3 is 15.4 Å². The topological polar surface area (TPSA) is 72.6 Å². The molecule has 0 unspecified atom stereocenters. The van der Waals surface area contributed by atoms with Crippen LogP contribution in [0.2, 0.25) is 0 Å². The first-order valence-electron chi connectivity index (χ1n) is 4.38. The lowest BCUT2D eigenvalue weighted by atomic mass is 10.2. The van der Waals surface area contributed by atoms with Gasteiger partial charge in [0.1, 0.15) is 6.61 Å². The van der Waals surface area contributed by atoms with E-state index in [2.05, 4.69) is 0 Å². The van der Waals surface area contributed by atoms with E-state index < -0.39 is 5.91 Å². The molecular weight excluding hydrogens is 184 g/mol. The van der Waals surface area contributed by atoms with Gasteiger partial charge in [-0.15, -0.1) is 0 Å². The van der Waals surface area contributed by atoms with Crippen molar-refractivity contribution in [3.05, 3.63) is 0 Å². The third-order valence-corrected chi connectivity index (χ3v) is 1.45. The molecule has 0 bridgehead atoms. The Kier molecular flexibility index (Phi) is 4.56. The number of rotatable bonds is 4. The number of hydrogen-bond acceptors (Lipinski definition) is 3. The summed E-state index contributed by atoms with van der Waals surface area (Å²) in [4.78, 5) is 23.1. The number of primary amides is 1. The van der Waals surface area contributed by atoms with E-state index in [9.17, 15) is 9.59 Å². The second-order valence-electron chi connectivity index (χ2n) is 4.12. The van der Waals surface area contributed by atoms with Crippen LogP contribution in [-0.2, 0) is 14.3 Å². The van der Waals surface area contributed by atoms with E-state index in [1.165, 1.54) is 11.9 Å². The lowest BCUT2D eigenvalue weighted by Crippen LogP contribution is -2.38. The molecule has 0 aromatic rings. The van der Waals surface area contributed by atoms with Gasteiger partial charge in [-0.25, -0.2) is 0 Å². The highest BCUT2D eigenvalue weighted by Gasteiger charge is 2.16. The molecule has 0 aromatic heterocycles. The van der Waals surface area contributed by atoms with Gasteiger partial charge in [0.05, 0.1) is 12.1 Å². The average Bonchev–Trinajstić information content (AvgIpc) is 1.97. The number of carbonyl (C=O) groups excluding carboxylic acids is 2. The summed E-state index contributed by atoms with van der Waals surface area (Å²) < 4.78 is 5.25. The number of nitrogens with zero attached hydrogens (tertiary/aromatic N) is 1. The summed E-state index contributed by atoms with van der Waals surface area (Å²) in [5, 5.41) is 0. The average molecular weight is 202 g/mol. The van der Waals surface area contributed by atoms with Crippen molar-refractivity contribution in [1.82, 2.24) is 4.90 Å². The number of hydrogen-bond donors (Lipinski definition) is 1. The molecule has 82 valence electrons. The first-order chi connectivity index (χ1) is 6.22. The summed E-state index contributed by atoms with van der Waals surface area (Å²) in [7, 11) is 1.51. The lowest BCUT2D eigenvalue weighted by molar-refractivity contribution is -0.141. The fourth-order valence-corrected chi connectivity index (χ4v) is 0.710. The molecule has 0 saturated heterocycles. The van der Waals surface area contributed by atoms with Gasteiger partial charge in [0.15, 0.2) is 0 Å². The van der Waals surface area contributed by atoms with Gasteiger partial charge in [0.25, 0.3) is 0 Å². The molecule has 0 heterocycles. The number of likely N-dealkylation sites (N-methyl/N-ethyl adjacent to an activating group) is 1. The zero-order chi connectivity index (χ0) is 11.4. The molecular formula is C9H18N2O3. The fraction of sp³-hybridized carbons (Fsp3) is 0.778. The zero-order valence-corrected chi connectivity index (χ0v) is 9.16. The standard InChI is InChI=1S/C9H18N2O3/c1-9(2,3)14-6-8(13)11(4)5-7(10)12/h5-6H2,1-4H3,(H2,10,12). The Hall–Kier alpha value is -1.10. The minimum absolute atomic E-state index is 0.0344. The van der Waals surface area contributed by atoms with Crippen molar-refractivity contribution in [2.24, 2.45) is 5.73 Å². The number of nitrogens with two attached hydrogens (primary N) is 1. The van der Waals surface area contributed by atoms with Crippen molar-refractivity contribution in [3.8, 4) is 0 Å². The molecule has 5 nitrogen and oxygen atoms in total. The lowest BCUT2D eigenvalue weighted by Gasteiger charge is -2.21. The molecule has 5 heteroatoms. The summed E-state index contributed by atoms with van der Waals surface area (Å²) in [6.45, 7) is 5.46. The third-order valence-electron chi connectivity index (χ3n) is 1.45. The van der Waals surface area contributed by atoms with Crippen molar-refractivity contribution in [2.45, 2.75) is 26.4 Å². The van der Waals surface area contributed by atoms with Crippen molar-refractivity contribution < 1.29 is 14.3 Å². The Labute approximate surface area is 84.2 Å². The summed E-state index contributed by atoms with van der Waals surface area (Å²) in [6, 6.07) is 0. The number of ether oxygens (including phenoxy) is 1. The van der Waals surface area contributed by atoms with Crippen LogP contribution in [0.15, 0.2) is 0 Å². The Morgan fingerprint density at radius 1 is 1.36 bits per heavy atom. The third kappa shape index (κ3) is 6.42. The second kappa shape index (κ2) is 4.95. The predicted molar refractivity (Wildman–Crippen MR) is 52.5 cm³/mol. The van der Waals surface area contributed by atoms with Crippen molar-refractivity contribution in [3.63, 3.8) is 0 Å². The van der Waals surface area contributed by atoms with Crippen LogP contribution in [-0.4, -0.2) is 42.5 Å². The summed E-state index contributed by atoms with van der Waals surface area (Å²) in [5.41, 5.74) is 4.58. The van der Waals surface area contributed by atoms with Crippen LogP contribution >= 0.6 is 0 Å². The first-order valence-corrected chi connectivity index (χ1v) is 4.38. The summed E-state index contributed by atoms with van der Waals surface area (Å²) >= 11 is 0. The molecule has 0 saturated carbocycles. The molecule has 0 aliphatic carbocycles. The van der Waals surface area contributed by atoms with Crippen LogP contribution in [0.4, 0.5) is 0 Å². The molecule has 14 heavy (non-hydrogen) atoms. The van der Waals surface area contributed by atoms with Crippen LogP contribution in [0.5, 0.6) is 0 Å². The number of carbonyl (C=O) groups is 2. The molecule has 0 aliphatic heterocycles. The Bertz CT molecular complexity index is 221.